The van der Waals surface area contributed by atoms with Crippen molar-refractivity contribution in [1.82, 2.24) is 9.88 Å². The number of aromatic nitrogens is 1. The second kappa shape index (κ2) is 9.25. The van der Waals surface area contributed by atoms with Gasteiger partial charge in [0.1, 0.15) is 11.4 Å². The van der Waals surface area contributed by atoms with Gasteiger partial charge in [-0.1, -0.05) is 36.4 Å². The zero-order chi connectivity index (χ0) is 23.5. The van der Waals surface area contributed by atoms with Crippen LogP contribution >= 0.6 is 0 Å². The lowest BCUT2D eigenvalue weighted by atomic mass is 9.95. The highest BCUT2D eigenvalue weighted by Gasteiger charge is 2.46. The topological polar surface area (TPSA) is 62.7 Å². The summed E-state index contributed by atoms with van der Waals surface area (Å²) in [5.74, 6) is -0.354. The normalized spacial score (nSPS) is 20.3. The lowest BCUT2D eigenvalue weighted by Crippen LogP contribution is -2.37. The maximum atomic E-state index is 13.9. The molecule has 3 aromatic rings. The van der Waals surface area contributed by atoms with Gasteiger partial charge in [0.15, 0.2) is 0 Å². The van der Waals surface area contributed by atoms with E-state index in [2.05, 4.69) is 4.98 Å². The Morgan fingerprint density at radius 2 is 1.79 bits per heavy atom. The van der Waals surface area contributed by atoms with E-state index < -0.39 is 5.60 Å². The Labute approximate surface area is 198 Å². The van der Waals surface area contributed by atoms with E-state index in [1.165, 1.54) is 6.07 Å². The molecule has 2 amide bonds. The van der Waals surface area contributed by atoms with Crippen molar-refractivity contribution >= 4 is 17.7 Å². The van der Waals surface area contributed by atoms with Gasteiger partial charge in [-0.2, -0.15) is 0 Å². The minimum Gasteiger partial charge on any atom is -0.441 e. The van der Waals surface area contributed by atoms with Crippen LogP contribution in [-0.2, 0) is 11.2 Å². The number of benzene rings is 2. The van der Waals surface area contributed by atoms with Gasteiger partial charge in [-0.15, -0.1) is 0 Å². The van der Waals surface area contributed by atoms with Gasteiger partial charge in [-0.05, 0) is 48.7 Å². The van der Waals surface area contributed by atoms with Gasteiger partial charge in [0.2, 0.25) is 0 Å². The van der Waals surface area contributed by atoms with Crippen LogP contribution in [0.3, 0.4) is 0 Å². The largest absolute Gasteiger partial charge is 0.441 e. The van der Waals surface area contributed by atoms with Gasteiger partial charge in [0.05, 0.1) is 12.1 Å². The Hall–Kier alpha value is -3.74. The number of rotatable bonds is 4. The Bertz CT molecular complexity index is 1190. The number of hydrogen-bond donors (Lipinski definition) is 0. The monoisotopic (exact) mass is 459 g/mol. The maximum absolute atomic E-state index is 13.9. The molecule has 0 unspecified atom stereocenters. The molecule has 0 saturated carbocycles. The molecule has 0 N–H and O–H groups in total. The van der Waals surface area contributed by atoms with Crippen molar-refractivity contribution in [1.29, 1.82) is 0 Å². The summed E-state index contributed by atoms with van der Waals surface area (Å²) < 4.78 is 19.8. The maximum Gasteiger partial charge on any atom is 0.415 e. The van der Waals surface area contributed by atoms with Crippen LogP contribution in [0.1, 0.15) is 40.9 Å². The van der Waals surface area contributed by atoms with Gasteiger partial charge in [-0.3, -0.25) is 14.7 Å². The first-order chi connectivity index (χ1) is 16.5. The molecule has 2 saturated heterocycles. The summed E-state index contributed by atoms with van der Waals surface area (Å²) >= 11 is 0. The number of hydrogen-bond acceptors (Lipinski definition) is 4. The Morgan fingerprint density at radius 1 is 1.00 bits per heavy atom. The zero-order valence-electron chi connectivity index (χ0n) is 18.8. The van der Waals surface area contributed by atoms with Gasteiger partial charge < -0.3 is 9.64 Å². The molecule has 34 heavy (non-hydrogen) atoms. The molecule has 174 valence electrons. The van der Waals surface area contributed by atoms with Crippen LogP contribution in [0.4, 0.5) is 14.9 Å². The molecule has 1 aromatic heterocycles. The SMILES string of the molecule is O=C(c1ccc(Cc2ccccc2F)nc1)N1CCC[C@@]2(CC1)CN(c1ccccc1)C(=O)O2. The second-order valence-corrected chi connectivity index (χ2v) is 8.92. The van der Waals surface area contributed by atoms with Crippen molar-refractivity contribution in [3.05, 3.63) is 95.6 Å². The fraction of sp³-hybridized carbons (Fsp3) is 0.296. The summed E-state index contributed by atoms with van der Waals surface area (Å²) in [4.78, 5) is 33.6. The number of anilines is 1. The average Bonchev–Trinajstić information content (AvgIpc) is 3.05. The first-order valence-corrected chi connectivity index (χ1v) is 11.6. The van der Waals surface area contributed by atoms with Crippen molar-refractivity contribution in [2.75, 3.05) is 24.5 Å². The number of carbonyl (C=O) groups excluding carboxylic acids is 2. The highest BCUT2D eigenvalue weighted by Crippen LogP contribution is 2.36. The minimum absolute atomic E-state index is 0.0915. The summed E-state index contributed by atoms with van der Waals surface area (Å²) in [6.45, 7) is 1.59. The molecule has 1 spiro atoms. The van der Waals surface area contributed by atoms with Crippen molar-refractivity contribution in [2.45, 2.75) is 31.3 Å². The van der Waals surface area contributed by atoms with Gasteiger partial charge in [0, 0.05) is 43.5 Å². The molecule has 2 aromatic carbocycles. The Kier molecular flexibility index (Phi) is 6.01. The molecule has 7 heteroatoms. The fourth-order valence-corrected chi connectivity index (χ4v) is 4.74. The molecule has 5 rings (SSSR count). The second-order valence-electron chi connectivity index (χ2n) is 8.92. The highest BCUT2D eigenvalue weighted by molar-refractivity contribution is 5.94. The van der Waals surface area contributed by atoms with Crippen LogP contribution in [0.25, 0.3) is 0 Å². The summed E-state index contributed by atoms with van der Waals surface area (Å²) in [7, 11) is 0. The molecule has 2 aliphatic heterocycles. The average molecular weight is 460 g/mol. The van der Waals surface area contributed by atoms with Crippen LogP contribution in [0.15, 0.2) is 72.9 Å². The van der Waals surface area contributed by atoms with Crippen molar-refractivity contribution in [3.8, 4) is 0 Å². The van der Waals surface area contributed by atoms with E-state index in [-0.39, 0.29) is 17.8 Å². The number of ether oxygens (including phenoxy) is 1. The van der Waals surface area contributed by atoms with Gasteiger partial charge in [0.25, 0.3) is 5.91 Å². The summed E-state index contributed by atoms with van der Waals surface area (Å²) in [5.41, 5.74) is 2.02. The number of nitrogens with zero attached hydrogens (tertiary/aromatic N) is 3. The summed E-state index contributed by atoms with van der Waals surface area (Å²) in [5, 5.41) is 0. The van der Waals surface area contributed by atoms with E-state index in [0.29, 0.717) is 55.7 Å². The predicted octanol–water partition coefficient (Wildman–Crippen LogP) is 4.83. The third kappa shape index (κ3) is 4.51. The van der Waals surface area contributed by atoms with E-state index in [1.807, 2.05) is 30.3 Å². The van der Waals surface area contributed by atoms with E-state index in [4.69, 9.17) is 4.74 Å². The Balaban J connectivity index is 1.23. The summed E-state index contributed by atoms with van der Waals surface area (Å²) in [6.07, 6.45) is 3.65. The smallest absolute Gasteiger partial charge is 0.415 e. The third-order valence-corrected chi connectivity index (χ3v) is 6.62. The number of halogens is 1. The zero-order valence-corrected chi connectivity index (χ0v) is 18.8. The van der Waals surface area contributed by atoms with Crippen LogP contribution in [0, 0.1) is 5.82 Å². The van der Waals surface area contributed by atoms with E-state index >= 15 is 0 Å². The number of pyridine rings is 1. The number of amides is 2. The predicted molar refractivity (Wildman–Crippen MR) is 126 cm³/mol. The van der Waals surface area contributed by atoms with Crippen LogP contribution in [0.5, 0.6) is 0 Å². The Morgan fingerprint density at radius 3 is 2.56 bits per heavy atom. The molecule has 3 heterocycles. The molecular weight excluding hydrogens is 433 g/mol. The third-order valence-electron chi connectivity index (χ3n) is 6.62. The van der Waals surface area contributed by atoms with Crippen molar-refractivity contribution in [2.24, 2.45) is 0 Å². The van der Waals surface area contributed by atoms with E-state index in [1.54, 1.807) is 46.3 Å². The quantitative estimate of drug-likeness (QED) is 0.561. The van der Waals surface area contributed by atoms with E-state index in [0.717, 1.165) is 12.1 Å². The van der Waals surface area contributed by atoms with Gasteiger partial charge >= 0.3 is 6.09 Å². The van der Waals surface area contributed by atoms with Crippen LogP contribution in [0.2, 0.25) is 0 Å². The molecule has 2 fully saturated rings. The summed E-state index contributed by atoms with van der Waals surface area (Å²) in [6, 6.07) is 19.6. The fourth-order valence-electron chi connectivity index (χ4n) is 4.74. The molecular formula is C27H26FN3O3. The van der Waals surface area contributed by atoms with Crippen LogP contribution in [-0.4, -0.2) is 47.1 Å². The van der Waals surface area contributed by atoms with Crippen molar-refractivity contribution < 1.29 is 18.7 Å². The molecule has 2 aliphatic rings. The highest BCUT2D eigenvalue weighted by atomic mass is 19.1. The minimum atomic E-state index is -0.580. The molecule has 6 nitrogen and oxygen atoms in total. The standard InChI is InChI=1S/C27H26FN3O3/c28-24-10-5-4-7-20(24)17-22-12-11-21(18-29-22)25(32)30-15-6-13-27(14-16-30)19-31(26(33)34-27)23-8-2-1-3-9-23/h1-5,7-12,18H,6,13-17,19H2/t27-/m1/s1. The molecule has 0 aliphatic carbocycles. The van der Waals surface area contributed by atoms with Crippen LogP contribution < -0.4 is 4.90 Å². The first-order valence-electron chi connectivity index (χ1n) is 11.6. The number of para-hydroxylation sites is 1. The number of likely N-dealkylation sites (tertiary alicyclic amines) is 1. The molecule has 0 radical (unpaired) electrons. The van der Waals surface area contributed by atoms with E-state index in [9.17, 15) is 14.0 Å². The first kappa shape index (κ1) is 22.1. The molecule has 1 atom stereocenters. The lowest BCUT2D eigenvalue weighted by Gasteiger charge is -2.25. The number of carbonyl (C=O) groups is 2. The van der Waals surface area contributed by atoms with Crippen molar-refractivity contribution in [3.63, 3.8) is 0 Å². The van der Waals surface area contributed by atoms with Gasteiger partial charge in [-0.25, -0.2) is 9.18 Å². The lowest BCUT2D eigenvalue weighted by molar-refractivity contribution is 0.0438. The molecule has 0 bridgehead atoms.